The molecule has 0 unspecified atom stereocenters. The lowest BCUT2D eigenvalue weighted by atomic mass is 10.3. The lowest BCUT2D eigenvalue weighted by Gasteiger charge is -2.03. The Kier molecular flexibility index (Phi) is 2.84. The van der Waals surface area contributed by atoms with E-state index in [1.807, 2.05) is 41.4 Å². The summed E-state index contributed by atoms with van der Waals surface area (Å²) in [7, 11) is 0. The Morgan fingerprint density at radius 1 is 1.33 bits per heavy atom. The maximum Gasteiger partial charge on any atom is 0.108 e. The molecule has 1 aromatic carbocycles. The van der Waals surface area contributed by atoms with Crippen LogP contribution in [-0.4, -0.2) is 9.55 Å². The number of unbranched alkanes of at least 4 members (excludes halogenated alkanes) is 1. The Morgan fingerprint density at radius 2 is 2.22 bits per heavy atom. The van der Waals surface area contributed by atoms with Gasteiger partial charge in [-0.2, -0.15) is 0 Å². The number of nitrogens with zero attached hydrogens (tertiary/aromatic N) is 4. The van der Waals surface area contributed by atoms with Gasteiger partial charge in [0.25, 0.3) is 0 Å². The van der Waals surface area contributed by atoms with Crippen molar-refractivity contribution < 1.29 is 4.57 Å². The zero-order valence-corrected chi connectivity index (χ0v) is 10.5. The lowest BCUT2D eigenvalue weighted by molar-refractivity contribution is -0.696. The average molecular weight is 240 g/mol. The van der Waals surface area contributed by atoms with E-state index >= 15 is 0 Å². The van der Waals surface area contributed by atoms with E-state index in [1.165, 1.54) is 12.8 Å². The van der Waals surface area contributed by atoms with Crippen LogP contribution in [0.15, 0.2) is 43.0 Å². The molecule has 0 aliphatic heterocycles. The maximum absolute atomic E-state index is 4.52. The van der Waals surface area contributed by atoms with Crippen LogP contribution < -0.4 is 9.55 Å². The molecule has 0 bridgehead atoms. The van der Waals surface area contributed by atoms with Crippen LogP contribution in [0.5, 0.6) is 0 Å². The molecule has 0 aliphatic rings. The largest absolute Gasteiger partial charge is 0.358 e. The molecular formula is C14H16N4. The molecule has 0 saturated carbocycles. The number of benzene rings is 1. The van der Waals surface area contributed by atoms with Crippen LogP contribution in [0.4, 0.5) is 0 Å². The first-order valence-electron chi connectivity index (χ1n) is 6.33. The molecule has 0 spiro atoms. The Morgan fingerprint density at radius 3 is 3.06 bits per heavy atom. The highest BCUT2D eigenvalue weighted by Crippen LogP contribution is 2.11. The number of fused-ring (bicyclic) bond motifs is 1. The van der Waals surface area contributed by atoms with Crippen molar-refractivity contribution in [2.75, 3.05) is 0 Å². The Labute approximate surface area is 106 Å². The van der Waals surface area contributed by atoms with Gasteiger partial charge in [0.1, 0.15) is 6.33 Å². The minimum Gasteiger partial charge on any atom is -0.358 e. The summed E-state index contributed by atoms with van der Waals surface area (Å²) >= 11 is 0. The normalized spacial score (nSPS) is 11.2. The molecule has 2 heterocycles. The summed E-state index contributed by atoms with van der Waals surface area (Å²) in [6, 6.07) is 7.94. The van der Waals surface area contributed by atoms with Crippen LogP contribution in [0.25, 0.3) is 17.0 Å². The van der Waals surface area contributed by atoms with Crippen LogP contribution in [0.3, 0.4) is 0 Å². The highest BCUT2D eigenvalue weighted by Gasteiger charge is 1.98. The van der Waals surface area contributed by atoms with Crippen molar-refractivity contribution in [1.82, 2.24) is 14.5 Å². The smallest absolute Gasteiger partial charge is 0.108 e. The minimum absolute atomic E-state index is 0.742. The van der Waals surface area contributed by atoms with Gasteiger partial charge in [-0.05, 0) is 12.6 Å². The molecule has 0 radical (unpaired) electrons. The molecule has 0 N–H and O–H groups in total. The second-order valence-electron chi connectivity index (χ2n) is 4.42. The minimum atomic E-state index is 0.742. The van der Waals surface area contributed by atoms with Gasteiger partial charge >= 0.3 is 0 Å². The Bertz CT molecular complexity index is 617. The van der Waals surface area contributed by atoms with E-state index in [1.54, 1.807) is 0 Å². The first kappa shape index (κ1) is 11.0. The number of aromatic nitrogens is 4. The summed E-state index contributed by atoms with van der Waals surface area (Å²) in [5.41, 5.74) is 1.89. The van der Waals surface area contributed by atoms with E-state index in [0.717, 1.165) is 23.5 Å². The van der Waals surface area contributed by atoms with Gasteiger partial charge in [-0.1, -0.05) is 37.6 Å². The molecular weight excluding hydrogens is 224 g/mol. The first-order valence-corrected chi connectivity index (χ1v) is 6.33. The summed E-state index contributed by atoms with van der Waals surface area (Å²) in [5, 5.41) is 0. The maximum atomic E-state index is 4.52. The van der Waals surface area contributed by atoms with Crippen molar-refractivity contribution in [3.63, 3.8) is 0 Å². The predicted octanol–water partition coefficient (Wildman–Crippen LogP) is 2.07. The van der Waals surface area contributed by atoms with Crippen LogP contribution in [0, 0.1) is 0 Å². The van der Waals surface area contributed by atoms with Crippen molar-refractivity contribution in [3.8, 4) is 5.95 Å². The van der Waals surface area contributed by atoms with E-state index < -0.39 is 0 Å². The fraction of sp³-hybridized carbons (Fsp3) is 0.286. The molecule has 0 saturated heterocycles. The average Bonchev–Trinajstić information content (AvgIpc) is 3.02. The van der Waals surface area contributed by atoms with Gasteiger partial charge in [-0.3, -0.25) is 4.57 Å². The Hall–Kier alpha value is -2.10. The predicted molar refractivity (Wildman–Crippen MR) is 69.5 cm³/mol. The molecule has 0 atom stereocenters. The van der Waals surface area contributed by atoms with Crippen LogP contribution in [0.2, 0.25) is 0 Å². The molecule has 18 heavy (non-hydrogen) atoms. The second kappa shape index (κ2) is 4.64. The summed E-state index contributed by atoms with van der Waals surface area (Å²) in [4.78, 5) is 9.03. The van der Waals surface area contributed by atoms with Crippen molar-refractivity contribution >= 4 is 11.0 Å². The van der Waals surface area contributed by atoms with E-state index in [4.69, 9.17) is 0 Å². The molecule has 4 nitrogen and oxygen atoms in total. The standard InChI is InChI=1S/C14H16N4/c1-2-3-8-17-9-10-18(11-17)14-15-12-6-4-5-7-13(12)16-14/h4-7,9-11H,2-3,8H2,1H3. The topological polar surface area (TPSA) is 35.8 Å². The van der Waals surface area contributed by atoms with Crippen LogP contribution in [-0.2, 0) is 6.54 Å². The number of aryl methyl sites for hydroxylation is 1. The monoisotopic (exact) mass is 240 g/mol. The second-order valence-corrected chi connectivity index (χ2v) is 4.42. The van der Waals surface area contributed by atoms with Gasteiger partial charge in [0.05, 0.1) is 12.7 Å². The number of hydrogen-bond donors (Lipinski definition) is 0. The van der Waals surface area contributed by atoms with E-state index in [0.29, 0.717) is 0 Å². The molecule has 4 heteroatoms. The Balaban J connectivity index is 1.91. The zero-order valence-electron chi connectivity index (χ0n) is 10.5. The van der Waals surface area contributed by atoms with Gasteiger partial charge in [0.2, 0.25) is 0 Å². The number of hydrogen-bond acceptors (Lipinski definition) is 1. The number of imidazole rings is 2. The van der Waals surface area contributed by atoms with Crippen molar-refractivity contribution in [1.29, 1.82) is 0 Å². The van der Waals surface area contributed by atoms with E-state index in [2.05, 4.69) is 27.7 Å². The zero-order chi connectivity index (χ0) is 12.4. The fourth-order valence-corrected chi connectivity index (χ4v) is 1.99. The number of para-hydroxylation sites is 2. The molecule has 92 valence electrons. The third-order valence-corrected chi connectivity index (χ3v) is 3.01. The van der Waals surface area contributed by atoms with Gasteiger partial charge in [0, 0.05) is 17.0 Å². The number of rotatable bonds is 4. The summed E-state index contributed by atoms with van der Waals surface area (Å²) in [6.07, 6.45) is 8.51. The van der Waals surface area contributed by atoms with E-state index in [-0.39, 0.29) is 0 Å². The van der Waals surface area contributed by atoms with Crippen molar-refractivity contribution in [3.05, 3.63) is 43.0 Å². The molecule has 0 fully saturated rings. The first-order chi connectivity index (χ1) is 8.86. The van der Waals surface area contributed by atoms with Gasteiger partial charge in [0.15, 0.2) is 0 Å². The quantitative estimate of drug-likeness (QED) is 0.654. The molecule has 3 aromatic rings. The lowest BCUT2D eigenvalue weighted by Crippen LogP contribution is -2.30. The fourth-order valence-electron chi connectivity index (χ4n) is 1.99. The molecule has 2 aromatic heterocycles. The highest BCUT2D eigenvalue weighted by atomic mass is 15.2. The third-order valence-electron chi connectivity index (χ3n) is 3.01. The van der Waals surface area contributed by atoms with Crippen LogP contribution in [0.1, 0.15) is 19.8 Å². The molecule has 0 aliphatic carbocycles. The van der Waals surface area contributed by atoms with Crippen molar-refractivity contribution in [2.24, 2.45) is 0 Å². The molecule has 3 rings (SSSR count). The SMILES string of the molecule is CCCC[n+]1ccn(-c2nc3ccccc3[n-]2)c1. The van der Waals surface area contributed by atoms with Gasteiger partial charge in [-0.25, -0.2) is 0 Å². The molecule has 0 amide bonds. The third kappa shape index (κ3) is 2.01. The highest BCUT2D eigenvalue weighted by molar-refractivity contribution is 5.75. The van der Waals surface area contributed by atoms with E-state index in [9.17, 15) is 0 Å². The van der Waals surface area contributed by atoms with Crippen LogP contribution >= 0.6 is 0 Å². The van der Waals surface area contributed by atoms with Crippen molar-refractivity contribution in [2.45, 2.75) is 26.3 Å². The summed E-state index contributed by atoms with van der Waals surface area (Å²) in [6.45, 7) is 3.24. The summed E-state index contributed by atoms with van der Waals surface area (Å²) < 4.78 is 4.14. The van der Waals surface area contributed by atoms with Gasteiger partial charge in [-0.15, -0.1) is 0 Å². The summed E-state index contributed by atoms with van der Waals surface area (Å²) in [5.74, 6) is 0.742. The van der Waals surface area contributed by atoms with Gasteiger partial charge < -0.3 is 14.5 Å².